The highest BCUT2D eigenvalue weighted by atomic mass is 16.3. The average molecular weight is 160 g/mol. The van der Waals surface area contributed by atoms with Gasteiger partial charge in [0.25, 0.3) is 0 Å². The van der Waals surface area contributed by atoms with Crippen LogP contribution in [0.5, 0.6) is 0 Å². The minimum atomic E-state index is -0.374. The lowest BCUT2D eigenvalue weighted by atomic mass is 10.2. The molecule has 11 heavy (non-hydrogen) atoms. The fourth-order valence-corrected chi connectivity index (χ4v) is 0.834. The molecule has 0 amide bonds. The zero-order chi connectivity index (χ0) is 8.69. The third kappa shape index (κ3) is 7.78. The Morgan fingerprint density at radius 3 is 2.55 bits per heavy atom. The van der Waals surface area contributed by atoms with Crippen molar-refractivity contribution in [1.82, 2.24) is 5.32 Å². The molecule has 0 spiro atoms. The van der Waals surface area contributed by atoms with Gasteiger partial charge in [0.05, 0.1) is 0 Å². The van der Waals surface area contributed by atoms with E-state index < -0.39 is 0 Å². The Bertz CT molecular complexity index is 86.2. The Kier molecular flexibility index (Phi) is 6.51. The normalized spacial score (nSPS) is 16.4. The molecule has 0 radical (unpaired) electrons. The number of rotatable bonds is 6. The number of nitrogens with two attached hydrogens (primary N) is 1. The first-order chi connectivity index (χ1) is 5.16. The van der Waals surface area contributed by atoms with E-state index in [-0.39, 0.29) is 12.3 Å². The van der Waals surface area contributed by atoms with E-state index >= 15 is 0 Å². The van der Waals surface area contributed by atoms with Crippen LogP contribution in [-0.2, 0) is 0 Å². The van der Waals surface area contributed by atoms with Crippen molar-refractivity contribution in [2.45, 2.75) is 45.4 Å². The smallest absolute Gasteiger partial charge is 0.104 e. The van der Waals surface area contributed by atoms with Crippen LogP contribution in [0.3, 0.4) is 0 Å². The third-order valence-electron chi connectivity index (χ3n) is 1.53. The van der Waals surface area contributed by atoms with Crippen LogP contribution in [0.15, 0.2) is 0 Å². The summed E-state index contributed by atoms with van der Waals surface area (Å²) in [5, 5.41) is 12.3. The average Bonchev–Trinajstić information content (AvgIpc) is 1.97. The van der Waals surface area contributed by atoms with Crippen molar-refractivity contribution in [3.63, 3.8) is 0 Å². The summed E-state index contributed by atoms with van der Waals surface area (Å²) < 4.78 is 0. The lowest BCUT2D eigenvalue weighted by Crippen LogP contribution is -2.31. The van der Waals surface area contributed by atoms with Crippen LogP contribution in [0.25, 0.3) is 0 Å². The van der Waals surface area contributed by atoms with Gasteiger partial charge >= 0.3 is 0 Å². The maximum absolute atomic E-state index is 9.26. The van der Waals surface area contributed by atoms with Crippen molar-refractivity contribution < 1.29 is 5.11 Å². The van der Waals surface area contributed by atoms with E-state index in [2.05, 4.69) is 12.2 Å². The van der Waals surface area contributed by atoms with E-state index in [0.717, 1.165) is 25.8 Å². The van der Waals surface area contributed by atoms with E-state index in [1.807, 2.05) is 6.92 Å². The maximum atomic E-state index is 9.26. The van der Waals surface area contributed by atoms with Gasteiger partial charge in [-0.05, 0) is 32.7 Å². The first-order valence-corrected chi connectivity index (χ1v) is 4.33. The second kappa shape index (κ2) is 6.58. The van der Waals surface area contributed by atoms with E-state index in [4.69, 9.17) is 5.73 Å². The molecule has 0 aromatic rings. The topological polar surface area (TPSA) is 58.3 Å². The van der Waals surface area contributed by atoms with Crippen molar-refractivity contribution in [3.05, 3.63) is 0 Å². The molecule has 0 fully saturated rings. The fraction of sp³-hybridized carbons (Fsp3) is 1.00. The van der Waals surface area contributed by atoms with Crippen LogP contribution in [0.1, 0.15) is 33.1 Å². The quantitative estimate of drug-likeness (QED) is 0.494. The molecule has 0 aliphatic heterocycles. The number of aliphatic hydroxyl groups excluding tert-OH is 1. The minimum absolute atomic E-state index is 0.188. The molecule has 0 aliphatic rings. The molecule has 0 saturated carbocycles. The number of hydrogen-bond acceptors (Lipinski definition) is 3. The predicted octanol–water partition coefficient (Wildman–Crippen LogP) is 0.432. The first kappa shape index (κ1) is 10.9. The Hall–Kier alpha value is -0.120. The highest BCUT2D eigenvalue weighted by Crippen LogP contribution is 1.96. The van der Waals surface area contributed by atoms with Crippen LogP contribution in [0.2, 0.25) is 0 Å². The summed E-state index contributed by atoms with van der Waals surface area (Å²) in [5.41, 5.74) is 5.53. The van der Waals surface area contributed by atoms with Crippen molar-refractivity contribution in [2.24, 2.45) is 5.73 Å². The van der Waals surface area contributed by atoms with Crippen molar-refractivity contribution in [2.75, 3.05) is 6.54 Å². The summed E-state index contributed by atoms with van der Waals surface area (Å²) in [6.07, 6.45) is 2.30. The summed E-state index contributed by atoms with van der Waals surface area (Å²) in [6, 6.07) is 0.188. The van der Waals surface area contributed by atoms with Gasteiger partial charge in [-0.1, -0.05) is 6.92 Å². The number of hydrogen-bond donors (Lipinski definition) is 3. The Morgan fingerprint density at radius 1 is 1.45 bits per heavy atom. The summed E-state index contributed by atoms with van der Waals surface area (Å²) >= 11 is 0. The minimum Gasteiger partial charge on any atom is -0.379 e. The molecule has 3 nitrogen and oxygen atoms in total. The zero-order valence-electron chi connectivity index (χ0n) is 7.51. The maximum Gasteiger partial charge on any atom is 0.104 e. The monoisotopic (exact) mass is 160 g/mol. The highest BCUT2D eigenvalue weighted by Gasteiger charge is 2.02. The number of nitrogens with one attached hydrogen (secondary N) is 1. The van der Waals surface area contributed by atoms with Gasteiger partial charge in [0.15, 0.2) is 0 Å². The second-order valence-electron chi connectivity index (χ2n) is 3.02. The summed E-state index contributed by atoms with van der Waals surface area (Å²) in [5.74, 6) is 0. The molecular weight excluding hydrogens is 140 g/mol. The Balaban J connectivity index is 3.15. The van der Waals surface area contributed by atoms with Crippen LogP contribution < -0.4 is 11.1 Å². The largest absolute Gasteiger partial charge is 0.379 e. The van der Waals surface area contributed by atoms with Gasteiger partial charge in [0.1, 0.15) is 6.23 Å². The van der Waals surface area contributed by atoms with Crippen LogP contribution >= 0.6 is 0 Å². The molecule has 0 bridgehead atoms. The molecule has 0 aliphatic carbocycles. The molecule has 68 valence electrons. The highest BCUT2D eigenvalue weighted by molar-refractivity contribution is 4.58. The molecule has 3 heteroatoms. The van der Waals surface area contributed by atoms with Crippen LogP contribution in [-0.4, -0.2) is 23.9 Å². The lowest BCUT2D eigenvalue weighted by molar-refractivity contribution is 0.124. The van der Waals surface area contributed by atoms with Crippen LogP contribution in [0, 0.1) is 0 Å². The van der Waals surface area contributed by atoms with Crippen LogP contribution in [0.4, 0.5) is 0 Å². The molecule has 0 aromatic heterocycles. The zero-order valence-corrected chi connectivity index (χ0v) is 7.51. The molecule has 0 aromatic carbocycles. The summed E-state index contributed by atoms with van der Waals surface area (Å²) in [4.78, 5) is 0. The van der Waals surface area contributed by atoms with Gasteiger partial charge in [0, 0.05) is 6.04 Å². The molecule has 4 N–H and O–H groups in total. The van der Waals surface area contributed by atoms with Gasteiger partial charge in [0.2, 0.25) is 0 Å². The standard InChI is InChI=1S/C8H20N2O/c1-3-6-10-8(11)5-4-7(2)9/h7-8,10-11H,3-6,9H2,1-2H3. The van der Waals surface area contributed by atoms with Gasteiger partial charge in [-0.15, -0.1) is 0 Å². The molecule has 0 rings (SSSR count). The van der Waals surface area contributed by atoms with E-state index in [1.54, 1.807) is 0 Å². The van der Waals surface area contributed by atoms with Gasteiger partial charge < -0.3 is 10.8 Å². The van der Waals surface area contributed by atoms with Crippen molar-refractivity contribution in [3.8, 4) is 0 Å². The Morgan fingerprint density at radius 2 is 2.09 bits per heavy atom. The molecular formula is C8H20N2O. The van der Waals surface area contributed by atoms with Crippen molar-refractivity contribution >= 4 is 0 Å². The first-order valence-electron chi connectivity index (χ1n) is 4.33. The van der Waals surface area contributed by atoms with Crippen molar-refractivity contribution in [1.29, 1.82) is 0 Å². The Labute approximate surface area is 69.0 Å². The molecule has 0 saturated heterocycles. The predicted molar refractivity (Wildman–Crippen MR) is 47.2 cm³/mol. The third-order valence-corrected chi connectivity index (χ3v) is 1.53. The SMILES string of the molecule is CCCNC(O)CCC(C)N. The van der Waals surface area contributed by atoms with E-state index in [1.165, 1.54) is 0 Å². The summed E-state index contributed by atoms with van der Waals surface area (Å²) in [6.45, 7) is 4.90. The van der Waals surface area contributed by atoms with E-state index in [9.17, 15) is 5.11 Å². The molecule has 2 atom stereocenters. The van der Waals surface area contributed by atoms with Gasteiger partial charge in [-0.2, -0.15) is 0 Å². The van der Waals surface area contributed by atoms with Gasteiger partial charge in [-0.25, -0.2) is 0 Å². The lowest BCUT2D eigenvalue weighted by Gasteiger charge is -2.12. The second-order valence-corrected chi connectivity index (χ2v) is 3.02. The molecule has 2 unspecified atom stereocenters. The van der Waals surface area contributed by atoms with Gasteiger partial charge in [-0.3, -0.25) is 5.32 Å². The van der Waals surface area contributed by atoms with E-state index in [0.29, 0.717) is 0 Å². The number of aliphatic hydroxyl groups is 1. The molecule has 0 heterocycles. The summed E-state index contributed by atoms with van der Waals surface area (Å²) in [7, 11) is 0. The fourth-order valence-electron chi connectivity index (χ4n) is 0.834.